The van der Waals surface area contributed by atoms with Crippen LogP contribution in [0.3, 0.4) is 0 Å². The van der Waals surface area contributed by atoms with Crippen molar-refractivity contribution in [2.24, 2.45) is 0 Å². The first-order valence-corrected chi connectivity index (χ1v) is 8.31. The lowest BCUT2D eigenvalue weighted by Crippen LogP contribution is -2.45. The third-order valence-electron chi connectivity index (χ3n) is 4.74. The summed E-state index contributed by atoms with van der Waals surface area (Å²) in [6.45, 7) is 5.67. The van der Waals surface area contributed by atoms with E-state index in [1.807, 2.05) is 4.90 Å². The summed E-state index contributed by atoms with van der Waals surface area (Å²) < 4.78 is 0. The predicted molar refractivity (Wildman–Crippen MR) is 84.4 cm³/mol. The molecular weight excluding hydrogens is 278 g/mol. The van der Waals surface area contributed by atoms with Crippen LogP contribution in [-0.2, 0) is 24.2 Å². The minimum Gasteiger partial charge on any atom is -0.393 e. The topological polar surface area (TPSA) is 56.7 Å². The summed E-state index contributed by atoms with van der Waals surface area (Å²) in [6.07, 6.45) is 3.18. The van der Waals surface area contributed by atoms with Gasteiger partial charge in [0.2, 0.25) is 5.91 Å². The summed E-state index contributed by atoms with van der Waals surface area (Å²) in [5.41, 5.74) is 3.47. The van der Waals surface area contributed by atoms with Crippen molar-refractivity contribution in [2.45, 2.75) is 45.3 Å². The van der Waals surface area contributed by atoms with Crippen LogP contribution in [0, 0.1) is 0 Å². The van der Waals surface area contributed by atoms with Crippen LogP contribution < -0.4 is 0 Å². The van der Waals surface area contributed by atoms with Crippen LogP contribution in [0.4, 0.5) is 0 Å². The second-order valence-electron chi connectivity index (χ2n) is 6.33. The Morgan fingerprint density at radius 3 is 2.82 bits per heavy atom. The number of nitrogens with zero attached hydrogens (tertiary/aromatic N) is 3. The minimum atomic E-state index is -0.188. The molecule has 0 bridgehead atoms. The Balaban J connectivity index is 1.58. The molecule has 0 aliphatic carbocycles. The first kappa shape index (κ1) is 15.4. The molecule has 0 aromatic carbocycles. The van der Waals surface area contributed by atoms with E-state index in [1.54, 1.807) is 0 Å². The van der Waals surface area contributed by atoms with Crippen molar-refractivity contribution in [1.29, 1.82) is 0 Å². The Kier molecular flexibility index (Phi) is 4.74. The number of aliphatic hydroxyl groups excluding tert-OH is 1. The van der Waals surface area contributed by atoms with E-state index in [1.165, 1.54) is 5.56 Å². The SMILES string of the molecule is CCc1ccc2c(n1)CCN(C(=O)CN1CCC(O)CC1)C2. The molecule has 0 radical (unpaired) electrons. The van der Waals surface area contributed by atoms with E-state index in [0.717, 1.165) is 56.7 Å². The van der Waals surface area contributed by atoms with Gasteiger partial charge in [0.05, 0.1) is 12.6 Å². The zero-order valence-electron chi connectivity index (χ0n) is 13.3. The van der Waals surface area contributed by atoms with E-state index in [4.69, 9.17) is 0 Å². The standard InChI is InChI=1S/C17H25N3O2/c1-2-14-4-3-13-11-20(10-7-16(13)18-14)17(22)12-19-8-5-15(21)6-9-19/h3-4,15,21H,2,5-12H2,1H3. The van der Waals surface area contributed by atoms with Gasteiger partial charge < -0.3 is 10.0 Å². The Labute approximate surface area is 131 Å². The summed E-state index contributed by atoms with van der Waals surface area (Å²) in [7, 11) is 0. The molecule has 120 valence electrons. The largest absolute Gasteiger partial charge is 0.393 e. The summed E-state index contributed by atoms with van der Waals surface area (Å²) in [5.74, 6) is 0.196. The number of hydrogen-bond acceptors (Lipinski definition) is 4. The number of pyridine rings is 1. The molecule has 1 fully saturated rings. The number of fused-ring (bicyclic) bond motifs is 1. The molecule has 1 aromatic rings. The number of hydrogen-bond donors (Lipinski definition) is 1. The van der Waals surface area contributed by atoms with Gasteiger partial charge in [-0.05, 0) is 30.9 Å². The molecule has 0 spiro atoms. The molecule has 5 nitrogen and oxygen atoms in total. The van der Waals surface area contributed by atoms with Crippen LogP contribution in [0.1, 0.15) is 36.7 Å². The lowest BCUT2D eigenvalue weighted by atomic mass is 10.0. The highest BCUT2D eigenvalue weighted by atomic mass is 16.3. The Hall–Kier alpha value is -1.46. The van der Waals surface area contributed by atoms with Gasteiger partial charge >= 0.3 is 0 Å². The monoisotopic (exact) mass is 303 g/mol. The summed E-state index contributed by atoms with van der Waals surface area (Å²) in [6, 6.07) is 4.19. The van der Waals surface area contributed by atoms with Crippen molar-refractivity contribution in [1.82, 2.24) is 14.8 Å². The fraction of sp³-hybridized carbons (Fsp3) is 0.647. The molecule has 0 unspecified atom stereocenters. The highest BCUT2D eigenvalue weighted by molar-refractivity contribution is 5.78. The lowest BCUT2D eigenvalue weighted by Gasteiger charge is -2.33. The third-order valence-corrected chi connectivity index (χ3v) is 4.74. The summed E-state index contributed by atoms with van der Waals surface area (Å²) in [4.78, 5) is 21.3. The van der Waals surface area contributed by atoms with Gasteiger partial charge in [0.1, 0.15) is 0 Å². The van der Waals surface area contributed by atoms with Crippen molar-refractivity contribution in [3.05, 3.63) is 29.1 Å². The lowest BCUT2D eigenvalue weighted by molar-refractivity contribution is -0.133. The van der Waals surface area contributed by atoms with Crippen LogP contribution in [0.25, 0.3) is 0 Å². The zero-order valence-corrected chi connectivity index (χ0v) is 13.3. The molecule has 1 N–H and O–H groups in total. The normalized spacial score (nSPS) is 20.0. The van der Waals surface area contributed by atoms with Gasteiger partial charge in [-0.15, -0.1) is 0 Å². The van der Waals surface area contributed by atoms with Crippen molar-refractivity contribution < 1.29 is 9.90 Å². The first-order chi connectivity index (χ1) is 10.7. The fourth-order valence-corrected chi connectivity index (χ4v) is 3.24. The number of carbonyl (C=O) groups is 1. The number of carbonyl (C=O) groups excluding carboxylic acids is 1. The number of likely N-dealkylation sites (tertiary alicyclic amines) is 1. The second kappa shape index (κ2) is 6.75. The molecule has 0 saturated carbocycles. The van der Waals surface area contributed by atoms with E-state index in [9.17, 15) is 9.90 Å². The molecule has 5 heteroatoms. The van der Waals surface area contributed by atoms with Gasteiger partial charge in [-0.3, -0.25) is 14.7 Å². The number of aromatic nitrogens is 1. The molecule has 1 saturated heterocycles. The number of aliphatic hydroxyl groups is 1. The van der Waals surface area contributed by atoms with Crippen molar-refractivity contribution in [3.8, 4) is 0 Å². The molecule has 3 rings (SSSR count). The second-order valence-corrected chi connectivity index (χ2v) is 6.33. The quantitative estimate of drug-likeness (QED) is 0.904. The van der Waals surface area contributed by atoms with Crippen molar-refractivity contribution in [2.75, 3.05) is 26.2 Å². The zero-order chi connectivity index (χ0) is 15.5. The van der Waals surface area contributed by atoms with Crippen LogP contribution >= 0.6 is 0 Å². The van der Waals surface area contributed by atoms with Gasteiger partial charge in [0.25, 0.3) is 0 Å². The Morgan fingerprint density at radius 1 is 1.32 bits per heavy atom. The molecular formula is C17H25N3O2. The predicted octanol–water partition coefficient (Wildman–Crippen LogP) is 0.985. The van der Waals surface area contributed by atoms with E-state index in [2.05, 4.69) is 28.9 Å². The maximum Gasteiger partial charge on any atom is 0.237 e. The first-order valence-electron chi connectivity index (χ1n) is 8.31. The molecule has 2 aliphatic rings. The van der Waals surface area contributed by atoms with E-state index in [0.29, 0.717) is 13.1 Å². The van der Waals surface area contributed by atoms with Crippen LogP contribution in [0.2, 0.25) is 0 Å². The van der Waals surface area contributed by atoms with Gasteiger partial charge in [-0.2, -0.15) is 0 Å². The van der Waals surface area contributed by atoms with E-state index < -0.39 is 0 Å². The maximum absolute atomic E-state index is 12.5. The molecule has 1 aromatic heterocycles. The molecule has 2 aliphatic heterocycles. The van der Waals surface area contributed by atoms with Gasteiger partial charge in [-0.25, -0.2) is 0 Å². The minimum absolute atomic E-state index is 0.188. The summed E-state index contributed by atoms with van der Waals surface area (Å²) >= 11 is 0. The number of aryl methyl sites for hydroxylation is 1. The van der Waals surface area contributed by atoms with Gasteiger partial charge in [0, 0.05) is 44.0 Å². The van der Waals surface area contributed by atoms with Crippen LogP contribution in [-0.4, -0.2) is 58.1 Å². The van der Waals surface area contributed by atoms with Gasteiger partial charge in [-0.1, -0.05) is 13.0 Å². The third kappa shape index (κ3) is 3.47. The van der Waals surface area contributed by atoms with E-state index in [-0.39, 0.29) is 12.0 Å². The number of amides is 1. The average molecular weight is 303 g/mol. The molecule has 3 heterocycles. The fourth-order valence-electron chi connectivity index (χ4n) is 3.24. The highest BCUT2D eigenvalue weighted by Gasteiger charge is 2.25. The molecule has 0 atom stereocenters. The maximum atomic E-state index is 12.5. The summed E-state index contributed by atoms with van der Waals surface area (Å²) in [5, 5.41) is 9.53. The van der Waals surface area contributed by atoms with Gasteiger partial charge in [0.15, 0.2) is 0 Å². The number of piperidine rings is 1. The van der Waals surface area contributed by atoms with Crippen LogP contribution in [0.15, 0.2) is 12.1 Å². The van der Waals surface area contributed by atoms with Crippen molar-refractivity contribution >= 4 is 5.91 Å². The average Bonchev–Trinajstić information content (AvgIpc) is 2.56. The van der Waals surface area contributed by atoms with E-state index >= 15 is 0 Å². The molecule has 1 amide bonds. The highest BCUT2D eigenvalue weighted by Crippen LogP contribution is 2.19. The Bertz CT molecular complexity index is 539. The van der Waals surface area contributed by atoms with Crippen molar-refractivity contribution in [3.63, 3.8) is 0 Å². The number of rotatable bonds is 3. The smallest absolute Gasteiger partial charge is 0.237 e. The Morgan fingerprint density at radius 2 is 2.09 bits per heavy atom. The molecule has 22 heavy (non-hydrogen) atoms. The van der Waals surface area contributed by atoms with Crippen LogP contribution in [0.5, 0.6) is 0 Å².